The Balaban J connectivity index is 2.30. The maximum Gasteiger partial charge on any atom is 0.325 e. The molecule has 0 bridgehead atoms. The molecule has 2 heterocycles. The van der Waals surface area contributed by atoms with Crippen molar-refractivity contribution < 1.29 is 19.4 Å². The highest BCUT2D eigenvalue weighted by molar-refractivity contribution is 5.76. The van der Waals surface area contributed by atoms with Crippen molar-refractivity contribution in [3.05, 3.63) is 23.9 Å². The lowest BCUT2D eigenvalue weighted by Gasteiger charge is -2.32. The fourth-order valence-corrected chi connectivity index (χ4v) is 2.19. The normalized spacial score (nSPS) is 17.9. The first-order valence-electron chi connectivity index (χ1n) is 6.36. The van der Waals surface area contributed by atoms with Crippen LogP contribution in [0, 0.1) is 0 Å². The molecule has 1 aromatic heterocycles. The molecule has 2 rings (SSSR count). The lowest BCUT2D eigenvalue weighted by atomic mass is 10.1. The lowest BCUT2D eigenvalue weighted by Crippen LogP contribution is -2.42. The maximum atomic E-state index is 11.6. The Labute approximate surface area is 112 Å². The van der Waals surface area contributed by atoms with Crippen LogP contribution in [0.3, 0.4) is 0 Å². The molecular weight excluding hydrogens is 248 g/mol. The van der Waals surface area contributed by atoms with Crippen LogP contribution in [0.15, 0.2) is 18.3 Å². The molecule has 1 aliphatic rings. The summed E-state index contributed by atoms with van der Waals surface area (Å²) in [6, 6.07) is 2.75. The topological polar surface area (TPSA) is 71.9 Å². The summed E-state index contributed by atoms with van der Waals surface area (Å²) in [6.45, 7) is 4.60. The second-order valence-corrected chi connectivity index (χ2v) is 4.22. The number of aliphatic carboxylic acids is 1. The number of aromatic nitrogens is 1. The minimum Gasteiger partial charge on any atom is -0.480 e. The number of carboxylic acids is 1. The Morgan fingerprint density at radius 2 is 2.32 bits per heavy atom. The molecule has 1 N–H and O–H groups in total. The first-order chi connectivity index (χ1) is 9.24. The van der Waals surface area contributed by atoms with Crippen LogP contribution in [0.4, 0.5) is 0 Å². The smallest absolute Gasteiger partial charge is 0.325 e. The van der Waals surface area contributed by atoms with Crippen molar-refractivity contribution >= 4 is 5.97 Å². The first-order valence-corrected chi connectivity index (χ1v) is 6.36. The van der Waals surface area contributed by atoms with Gasteiger partial charge in [0, 0.05) is 24.8 Å². The summed E-state index contributed by atoms with van der Waals surface area (Å²) in [5, 5.41) is 9.51. The number of pyridine rings is 1. The monoisotopic (exact) mass is 266 g/mol. The molecule has 0 aliphatic carbocycles. The molecule has 0 radical (unpaired) electrons. The van der Waals surface area contributed by atoms with E-state index in [2.05, 4.69) is 4.98 Å². The number of hydrogen-bond donors (Lipinski definition) is 1. The van der Waals surface area contributed by atoms with E-state index in [1.54, 1.807) is 18.3 Å². The van der Waals surface area contributed by atoms with E-state index in [1.165, 1.54) is 0 Å². The number of nitrogens with zero attached hydrogens (tertiary/aromatic N) is 2. The average molecular weight is 266 g/mol. The van der Waals surface area contributed by atoms with Gasteiger partial charge in [0.2, 0.25) is 5.88 Å². The SMILES string of the molecule is CCOc1ncccc1C(C(=O)O)N1CCOCC1. The third-order valence-corrected chi connectivity index (χ3v) is 3.02. The fourth-order valence-electron chi connectivity index (χ4n) is 2.19. The lowest BCUT2D eigenvalue weighted by molar-refractivity contribution is -0.145. The zero-order valence-electron chi connectivity index (χ0n) is 10.9. The summed E-state index contributed by atoms with van der Waals surface area (Å²) in [7, 11) is 0. The van der Waals surface area contributed by atoms with E-state index in [4.69, 9.17) is 9.47 Å². The van der Waals surface area contributed by atoms with Crippen molar-refractivity contribution in [3.63, 3.8) is 0 Å². The summed E-state index contributed by atoms with van der Waals surface area (Å²) in [6.07, 6.45) is 1.60. The van der Waals surface area contributed by atoms with Crippen LogP contribution in [-0.2, 0) is 9.53 Å². The summed E-state index contributed by atoms with van der Waals surface area (Å²) in [4.78, 5) is 17.6. The summed E-state index contributed by atoms with van der Waals surface area (Å²) >= 11 is 0. The molecule has 1 aliphatic heterocycles. The van der Waals surface area contributed by atoms with Crippen LogP contribution in [0.5, 0.6) is 5.88 Å². The molecule has 1 atom stereocenters. The Morgan fingerprint density at radius 1 is 1.58 bits per heavy atom. The van der Waals surface area contributed by atoms with E-state index in [1.807, 2.05) is 11.8 Å². The van der Waals surface area contributed by atoms with Gasteiger partial charge in [-0.3, -0.25) is 9.69 Å². The fraction of sp³-hybridized carbons (Fsp3) is 0.538. The van der Waals surface area contributed by atoms with Crippen LogP contribution in [0.2, 0.25) is 0 Å². The van der Waals surface area contributed by atoms with Gasteiger partial charge in [0.1, 0.15) is 6.04 Å². The standard InChI is InChI=1S/C13H18N2O4/c1-2-19-12-10(4-3-5-14-12)11(13(16)17)15-6-8-18-9-7-15/h3-5,11H,2,6-9H2,1H3,(H,16,17). The van der Waals surface area contributed by atoms with E-state index in [0.29, 0.717) is 44.4 Å². The van der Waals surface area contributed by atoms with Crippen molar-refractivity contribution in [1.29, 1.82) is 0 Å². The summed E-state index contributed by atoms with van der Waals surface area (Å²) < 4.78 is 10.7. The van der Waals surface area contributed by atoms with Crippen molar-refractivity contribution in [3.8, 4) is 5.88 Å². The highest BCUT2D eigenvalue weighted by atomic mass is 16.5. The van der Waals surface area contributed by atoms with E-state index in [0.717, 1.165) is 0 Å². The van der Waals surface area contributed by atoms with Gasteiger partial charge in [-0.1, -0.05) is 0 Å². The molecule has 1 aromatic rings. The highest BCUT2D eigenvalue weighted by Crippen LogP contribution is 2.28. The summed E-state index contributed by atoms with van der Waals surface area (Å²) in [5.74, 6) is -0.500. The Hall–Kier alpha value is -1.66. The van der Waals surface area contributed by atoms with Crippen LogP contribution in [-0.4, -0.2) is 53.9 Å². The van der Waals surface area contributed by atoms with Gasteiger partial charge in [-0.15, -0.1) is 0 Å². The second kappa shape index (κ2) is 6.49. The quantitative estimate of drug-likeness (QED) is 0.855. The molecule has 1 fully saturated rings. The van der Waals surface area contributed by atoms with Gasteiger partial charge in [-0.2, -0.15) is 0 Å². The molecule has 6 heteroatoms. The molecule has 104 valence electrons. The molecule has 0 spiro atoms. The van der Waals surface area contributed by atoms with Gasteiger partial charge in [0.25, 0.3) is 0 Å². The zero-order valence-corrected chi connectivity index (χ0v) is 10.9. The van der Waals surface area contributed by atoms with Crippen LogP contribution in [0.1, 0.15) is 18.5 Å². The number of hydrogen-bond acceptors (Lipinski definition) is 5. The predicted molar refractivity (Wildman–Crippen MR) is 68.2 cm³/mol. The third-order valence-electron chi connectivity index (χ3n) is 3.02. The number of morpholine rings is 1. The van der Waals surface area contributed by atoms with Crippen molar-refractivity contribution in [2.45, 2.75) is 13.0 Å². The maximum absolute atomic E-state index is 11.6. The number of ether oxygens (including phenoxy) is 2. The van der Waals surface area contributed by atoms with Crippen LogP contribution < -0.4 is 4.74 Å². The van der Waals surface area contributed by atoms with Gasteiger partial charge in [0.05, 0.1) is 19.8 Å². The third kappa shape index (κ3) is 3.21. The van der Waals surface area contributed by atoms with Gasteiger partial charge in [0.15, 0.2) is 0 Å². The van der Waals surface area contributed by atoms with Crippen molar-refractivity contribution in [2.75, 3.05) is 32.9 Å². The molecule has 0 saturated carbocycles. The average Bonchev–Trinajstić information content (AvgIpc) is 2.42. The highest BCUT2D eigenvalue weighted by Gasteiger charge is 2.31. The Kier molecular flexibility index (Phi) is 4.70. The molecule has 19 heavy (non-hydrogen) atoms. The van der Waals surface area contributed by atoms with Gasteiger partial charge in [-0.25, -0.2) is 4.98 Å². The van der Waals surface area contributed by atoms with Gasteiger partial charge >= 0.3 is 5.97 Å². The predicted octanol–water partition coefficient (Wildman–Crippen LogP) is 0.938. The molecule has 0 amide bonds. The molecule has 0 aromatic carbocycles. The van der Waals surface area contributed by atoms with Crippen LogP contribution >= 0.6 is 0 Å². The largest absolute Gasteiger partial charge is 0.480 e. The van der Waals surface area contributed by atoms with Gasteiger partial charge < -0.3 is 14.6 Å². The van der Waals surface area contributed by atoms with Gasteiger partial charge in [-0.05, 0) is 19.1 Å². The second-order valence-electron chi connectivity index (χ2n) is 4.22. The molecule has 1 unspecified atom stereocenters. The Bertz CT molecular complexity index is 432. The van der Waals surface area contributed by atoms with E-state index in [9.17, 15) is 9.90 Å². The number of carbonyl (C=O) groups is 1. The van der Waals surface area contributed by atoms with Crippen molar-refractivity contribution in [1.82, 2.24) is 9.88 Å². The molecule has 1 saturated heterocycles. The zero-order chi connectivity index (χ0) is 13.7. The summed E-state index contributed by atoms with van der Waals surface area (Å²) in [5.41, 5.74) is 0.596. The number of rotatable bonds is 5. The van der Waals surface area contributed by atoms with E-state index < -0.39 is 12.0 Å². The number of carboxylic acid groups (broad SMARTS) is 1. The first kappa shape index (κ1) is 13.8. The molecule has 6 nitrogen and oxygen atoms in total. The van der Waals surface area contributed by atoms with E-state index in [-0.39, 0.29) is 0 Å². The molecular formula is C13H18N2O4. The van der Waals surface area contributed by atoms with Crippen LogP contribution in [0.25, 0.3) is 0 Å². The Morgan fingerprint density at radius 3 is 2.95 bits per heavy atom. The van der Waals surface area contributed by atoms with Crippen molar-refractivity contribution in [2.24, 2.45) is 0 Å². The van der Waals surface area contributed by atoms with E-state index >= 15 is 0 Å². The minimum absolute atomic E-state index is 0.392. The minimum atomic E-state index is -0.893.